The van der Waals surface area contributed by atoms with Crippen molar-refractivity contribution in [1.29, 1.82) is 0 Å². The van der Waals surface area contributed by atoms with Crippen molar-refractivity contribution in [2.45, 2.75) is 26.2 Å². The Labute approximate surface area is 179 Å². The van der Waals surface area contributed by atoms with Crippen molar-refractivity contribution in [3.05, 3.63) is 54.2 Å². The minimum Gasteiger partial charge on any atom is -0.494 e. The van der Waals surface area contributed by atoms with Crippen molar-refractivity contribution in [3.8, 4) is 22.9 Å². The first-order chi connectivity index (χ1) is 14.9. The first-order valence-corrected chi connectivity index (χ1v) is 10.2. The second kappa shape index (κ2) is 8.75. The number of aromatic nitrogens is 2. The van der Waals surface area contributed by atoms with E-state index in [1.165, 1.54) is 24.1 Å². The molecule has 0 aliphatic carbocycles. The Morgan fingerprint density at radius 2 is 2.00 bits per heavy atom. The van der Waals surface area contributed by atoms with E-state index >= 15 is 0 Å². The molecule has 1 unspecified atom stereocenters. The lowest BCUT2D eigenvalue weighted by Gasteiger charge is -2.16. The number of halogens is 1. The van der Waals surface area contributed by atoms with Crippen LogP contribution < -0.4 is 14.4 Å². The number of hydrogen-bond acceptors (Lipinski definition) is 6. The third kappa shape index (κ3) is 4.52. The summed E-state index contributed by atoms with van der Waals surface area (Å²) >= 11 is 0. The predicted octanol–water partition coefficient (Wildman–Crippen LogP) is 4.44. The summed E-state index contributed by atoms with van der Waals surface area (Å²) in [6, 6.07) is 11.9. The van der Waals surface area contributed by atoms with Gasteiger partial charge in [-0.25, -0.2) is 4.39 Å². The number of benzene rings is 2. The maximum atomic E-state index is 14.0. The summed E-state index contributed by atoms with van der Waals surface area (Å²) in [6.45, 7) is 5.18. The highest BCUT2D eigenvalue weighted by Gasteiger charge is 2.35. The fraction of sp³-hybridized carbons (Fsp3) is 0.348. The van der Waals surface area contributed by atoms with Gasteiger partial charge in [0.05, 0.1) is 19.6 Å². The van der Waals surface area contributed by atoms with Crippen molar-refractivity contribution in [3.63, 3.8) is 0 Å². The highest BCUT2D eigenvalue weighted by Crippen LogP contribution is 2.33. The summed E-state index contributed by atoms with van der Waals surface area (Å²) in [4.78, 5) is 18.5. The van der Waals surface area contributed by atoms with E-state index in [2.05, 4.69) is 24.0 Å². The molecule has 2 aromatic carbocycles. The van der Waals surface area contributed by atoms with E-state index in [0.717, 1.165) is 11.3 Å². The Morgan fingerprint density at radius 1 is 1.23 bits per heavy atom. The minimum absolute atomic E-state index is 0.124. The van der Waals surface area contributed by atoms with Crippen LogP contribution in [0.3, 0.4) is 0 Å². The summed E-state index contributed by atoms with van der Waals surface area (Å²) in [5, 5.41) is 4.06. The monoisotopic (exact) mass is 425 g/mol. The van der Waals surface area contributed by atoms with E-state index in [9.17, 15) is 9.18 Å². The number of amides is 1. The van der Waals surface area contributed by atoms with Crippen molar-refractivity contribution in [2.75, 3.05) is 25.2 Å². The number of anilines is 1. The zero-order chi connectivity index (χ0) is 22.0. The first kappa shape index (κ1) is 20.8. The second-order valence-electron chi connectivity index (χ2n) is 7.91. The molecule has 1 aliphatic heterocycles. The quantitative estimate of drug-likeness (QED) is 0.557. The van der Waals surface area contributed by atoms with Crippen LogP contribution in [0, 0.1) is 11.7 Å². The molecule has 1 aromatic heterocycles. The van der Waals surface area contributed by atoms with Crippen LogP contribution in [0.2, 0.25) is 0 Å². The fourth-order valence-corrected chi connectivity index (χ4v) is 3.43. The molecule has 7 nitrogen and oxygen atoms in total. The van der Waals surface area contributed by atoms with Crippen LogP contribution in [0.5, 0.6) is 11.5 Å². The van der Waals surface area contributed by atoms with Crippen LogP contribution in [0.15, 0.2) is 47.0 Å². The van der Waals surface area contributed by atoms with Gasteiger partial charge in [-0.15, -0.1) is 0 Å². The molecule has 2 heterocycles. The Balaban J connectivity index is 1.46. The van der Waals surface area contributed by atoms with Gasteiger partial charge in [-0.3, -0.25) is 4.79 Å². The molecule has 31 heavy (non-hydrogen) atoms. The van der Waals surface area contributed by atoms with Gasteiger partial charge in [-0.05, 0) is 42.3 Å². The number of rotatable bonds is 7. The van der Waals surface area contributed by atoms with Crippen molar-refractivity contribution in [1.82, 2.24) is 10.1 Å². The van der Waals surface area contributed by atoms with Crippen LogP contribution in [0.25, 0.3) is 11.4 Å². The van der Waals surface area contributed by atoms with Crippen LogP contribution in [0.4, 0.5) is 10.1 Å². The maximum Gasteiger partial charge on any atom is 0.232 e. The minimum atomic E-state index is -0.517. The molecule has 8 heteroatoms. The molecule has 0 radical (unpaired) electrons. The smallest absolute Gasteiger partial charge is 0.232 e. The first-order valence-electron chi connectivity index (χ1n) is 10.2. The average Bonchev–Trinajstić information content (AvgIpc) is 3.39. The topological polar surface area (TPSA) is 77.7 Å². The number of ether oxygens (including phenoxy) is 2. The molecular formula is C23H24FN3O4. The number of methoxy groups -OCH3 is 1. The summed E-state index contributed by atoms with van der Waals surface area (Å²) in [7, 11) is 1.40. The molecule has 1 atom stereocenters. The molecule has 0 saturated carbocycles. The lowest BCUT2D eigenvalue weighted by atomic mass is 10.1. The van der Waals surface area contributed by atoms with Crippen LogP contribution >= 0.6 is 0 Å². The molecule has 4 rings (SSSR count). The van der Waals surface area contributed by atoms with Gasteiger partial charge in [0, 0.05) is 30.3 Å². The number of hydrogen-bond donors (Lipinski definition) is 0. The molecule has 1 fully saturated rings. The molecule has 1 saturated heterocycles. The number of carbonyl (C=O) groups is 1. The molecule has 0 spiro atoms. The normalized spacial score (nSPS) is 16.2. The Morgan fingerprint density at radius 3 is 2.68 bits per heavy atom. The SMILES string of the molecule is COc1ccc(N2CC(c3nc(-c4ccc(OCC(C)C)cc4)no3)CC2=O)cc1F. The predicted molar refractivity (Wildman–Crippen MR) is 113 cm³/mol. The van der Waals surface area contributed by atoms with E-state index in [1.807, 2.05) is 24.3 Å². The van der Waals surface area contributed by atoms with Gasteiger partial charge in [0.25, 0.3) is 0 Å². The molecule has 0 N–H and O–H groups in total. The second-order valence-corrected chi connectivity index (χ2v) is 7.91. The summed E-state index contributed by atoms with van der Waals surface area (Å²) < 4.78 is 30.1. The average molecular weight is 425 g/mol. The van der Waals surface area contributed by atoms with Crippen molar-refractivity contribution < 1.29 is 23.2 Å². The van der Waals surface area contributed by atoms with Crippen LogP contribution in [-0.2, 0) is 4.79 Å². The fourth-order valence-electron chi connectivity index (χ4n) is 3.43. The van der Waals surface area contributed by atoms with E-state index in [-0.39, 0.29) is 24.0 Å². The third-order valence-electron chi connectivity index (χ3n) is 5.06. The number of nitrogens with zero attached hydrogens (tertiary/aromatic N) is 3. The Kier molecular flexibility index (Phi) is 5.88. The van der Waals surface area contributed by atoms with Crippen molar-refractivity contribution in [2.24, 2.45) is 5.92 Å². The van der Waals surface area contributed by atoms with E-state index in [1.54, 1.807) is 6.07 Å². The Hall–Kier alpha value is -3.42. The van der Waals surface area contributed by atoms with Gasteiger partial charge >= 0.3 is 0 Å². The zero-order valence-electron chi connectivity index (χ0n) is 17.7. The standard InChI is InChI=1S/C23H24FN3O4/c1-14(2)13-30-18-7-4-15(5-8-18)22-25-23(31-26-22)16-10-21(28)27(12-16)17-6-9-20(29-3)19(24)11-17/h4-9,11,14,16H,10,12-13H2,1-3H3. The number of carbonyl (C=O) groups excluding carboxylic acids is 1. The summed E-state index contributed by atoms with van der Waals surface area (Å²) in [6.07, 6.45) is 0.220. The lowest BCUT2D eigenvalue weighted by Crippen LogP contribution is -2.24. The molecule has 1 amide bonds. The highest BCUT2D eigenvalue weighted by atomic mass is 19.1. The molecular weight excluding hydrogens is 401 g/mol. The van der Waals surface area contributed by atoms with Gasteiger partial charge in [-0.2, -0.15) is 4.98 Å². The highest BCUT2D eigenvalue weighted by molar-refractivity contribution is 5.96. The van der Waals surface area contributed by atoms with Gasteiger partial charge in [0.1, 0.15) is 5.75 Å². The molecule has 0 bridgehead atoms. The molecule has 1 aliphatic rings. The zero-order valence-corrected chi connectivity index (χ0v) is 17.7. The third-order valence-corrected chi connectivity index (χ3v) is 5.06. The lowest BCUT2D eigenvalue weighted by molar-refractivity contribution is -0.117. The summed E-state index contributed by atoms with van der Waals surface area (Å²) in [5.41, 5.74) is 1.27. The molecule has 3 aromatic rings. The van der Waals surface area contributed by atoms with Crippen LogP contribution in [-0.4, -0.2) is 36.3 Å². The van der Waals surface area contributed by atoms with Gasteiger partial charge < -0.3 is 18.9 Å². The largest absolute Gasteiger partial charge is 0.494 e. The molecule has 162 valence electrons. The van der Waals surface area contributed by atoms with E-state index in [4.69, 9.17) is 14.0 Å². The Bertz CT molecular complexity index is 1060. The van der Waals surface area contributed by atoms with Gasteiger partial charge in [0.2, 0.25) is 17.6 Å². The maximum absolute atomic E-state index is 14.0. The van der Waals surface area contributed by atoms with Gasteiger partial charge in [0.15, 0.2) is 11.6 Å². The van der Waals surface area contributed by atoms with E-state index in [0.29, 0.717) is 36.5 Å². The van der Waals surface area contributed by atoms with Crippen LogP contribution in [0.1, 0.15) is 32.1 Å². The summed E-state index contributed by atoms with van der Waals surface area (Å²) in [5.74, 6) is 1.30. The van der Waals surface area contributed by atoms with E-state index < -0.39 is 5.82 Å². The van der Waals surface area contributed by atoms with Crippen molar-refractivity contribution >= 4 is 11.6 Å². The van der Waals surface area contributed by atoms with Gasteiger partial charge in [-0.1, -0.05) is 19.0 Å².